The lowest BCUT2D eigenvalue weighted by Crippen LogP contribution is -2.24. The third kappa shape index (κ3) is 4.36. The maximum absolute atomic E-state index is 11.8. The number of carbonyl (C=O) groups excluding carboxylic acids is 1. The van der Waals surface area contributed by atoms with Crippen molar-refractivity contribution in [2.45, 2.75) is 10.2 Å². The zero-order chi connectivity index (χ0) is 18.5. The maximum atomic E-state index is 11.8. The van der Waals surface area contributed by atoms with Crippen LogP contribution in [0.3, 0.4) is 0 Å². The predicted octanol–water partition coefficient (Wildman–Crippen LogP) is 4.46. The molecule has 0 bridgehead atoms. The van der Waals surface area contributed by atoms with Crippen LogP contribution in [0.5, 0.6) is 0 Å². The number of hydrogen-bond acceptors (Lipinski definition) is 5. The molecule has 7 nitrogen and oxygen atoms in total. The number of hydrazone groups is 1. The van der Waals surface area contributed by atoms with Gasteiger partial charge in [0.2, 0.25) is 0 Å². The number of furan rings is 1. The Hall–Kier alpha value is -3.52. The van der Waals surface area contributed by atoms with Crippen LogP contribution in [0.1, 0.15) is 5.76 Å². The highest BCUT2D eigenvalue weighted by atomic mass is 32.2. The van der Waals surface area contributed by atoms with Crippen LogP contribution in [0.4, 0.5) is 10.5 Å². The standard InChI is InChI=1S/C19H15N5O2S/c25-18(21-13-6-2-1-3-7-13)24-20-12-14-10-11-17(26-14)27-19-22-15-8-4-5-9-16(15)23-19/h1-12H,(H,22,23)(H2,21,24,25)/b20-12+. The first-order valence-corrected chi connectivity index (χ1v) is 8.95. The minimum absolute atomic E-state index is 0.430. The highest BCUT2D eigenvalue weighted by molar-refractivity contribution is 7.99. The molecule has 2 heterocycles. The second-order valence-electron chi connectivity index (χ2n) is 5.51. The normalized spacial score (nSPS) is 11.1. The monoisotopic (exact) mass is 377 g/mol. The van der Waals surface area contributed by atoms with E-state index in [1.807, 2.05) is 48.5 Å². The molecule has 0 aliphatic carbocycles. The fourth-order valence-corrected chi connectivity index (χ4v) is 3.14. The Morgan fingerprint density at radius 3 is 2.74 bits per heavy atom. The number of aromatic nitrogens is 2. The number of rotatable bonds is 5. The molecule has 0 aliphatic rings. The summed E-state index contributed by atoms with van der Waals surface area (Å²) in [5, 5.41) is 7.96. The molecule has 2 amide bonds. The van der Waals surface area contributed by atoms with Crippen molar-refractivity contribution in [2.75, 3.05) is 5.32 Å². The molecule has 4 aromatic rings. The van der Waals surface area contributed by atoms with E-state index in [4.69, 9.17) is 4.42 Å². The number of aromatic amines is 1. The van der Waals surface area contributed by atoms with Crippen molar-refractivity contribution in [3.63, 3.8) is 0 Å². The Bertz CT molecular complexity index is 1050. The predicted molar refractivity (Wildman–Crippen MR) is 105 cm³/mol. The number of fused-ring (bicyclic) bond motifs is 1. The van der Waals surface area contributed by atoms with Gasteiger partial charge in [0.05, 0.1) is 17.2 Å². The average molecular weight is 377 g/mol. The van der Waals surface area contributed by atoms with Gasteiger partial charge in [-0.25, -0.2) is 15.2 Å². The molecular weight excluding hydrogens is 362 g/mol. The summed E-state index contributed by atoms with van der Waals surface area (Å²) in [7, 11) is 0. The summed E-state index contributed by atoms with van der Waals surface area (Å²) in [6.45, 7) is 0. The quantitative estimate of drug-likeness (QED) is 0.353. The third-order valence-corrected chi connectivity index (χ3v) is 4.36. The molecule has 0 aliphatic heterocycles. The largest absolute Gasteiger partial charge is 0.448 e. The van der Waals surface area contributed by atoms with Gasteiger partial charge in [-0.1, -0.05) is 30.3 Å². The molecule has 0 saturated carbocycles. The van der Waals surface area contributed by atoms with Crippen molar-refractivity contribution >= 4 is 40.7 Å². The van der Waals surface area contributed by atoms with Gasteiger partial charge in [-0.05, 0) is 48.2 Å². The number of carbonyl (C=O) groups is 1. The lowest BCUT2D eigenvalue weighted by molar-refractivity contribution is 0.252. The summed E-state index contributed by atoms with van der Waals surface area (Å²) in [4.78, 5) is 19.5. The van der Waals surface area contributed by atoms with Crippen LogP contribution in [0.15, 0.2) is 86.5 Å². The number of para-hydroxylation sites is 3. The van der Waals surface area contributed by atoms with Gasteiger partial charge in [0.1, 0.15) is 5.76 Å². The van der Waals surface area contributed by atoms with E-state index in [0.29, 0.717) is 16.5 Å². The van der Waals surface area contributed by atoms with Gasteiger partial charge in [-0.3, -0.25) is 0 Å². The molecule has 0 spiro atoms. The van der Waals surface area contributed by atoms with Crippen molar-refractivity contribution in [1.29, 1.82) is 0 Å². The zero-order valence-corrected chi connectivity index (χ0v) is 14.9. The second-order valence-corrected chi connectivity index (χ2v) is 6.50. The minimum atomic E-state index is -0.430. The second kappa shape index (κ2) is 7.79. The number of benzene rings is 2. The molecule has 0 atom stereocenters. The number of urea groups is 1. The number of hydrogen-bond donors (Lipinski definition) is 3. The lowest BCUT2D eigenvalue weighted by Gasteiger charge is -2.02. The van der Waals surface area contributed by atoms with Gasteiger partial charge in [-0.15, -0.1) is 0 Å². The summed E-state index contributed by atoms with van der Waals surface area (Å²) < 4.78 is 5.67. The van der Waals surface area contributed by atoms with Crippen LogP contribution in [0.2, 0.25) is 0 Å². The van der Waals surface area contributed by atoms with Crippen LogP contribution < -0.4 is 10.7 Å². The SMILES string of the molecule is O=C(N/N=C/c1ccc(Sc2nc3ccccc3[nH]2)o1)Nc1ccccc1. The first kappa shape index (κ1) is 16.9. The van der Waals surface area contributed by atoms with Gasteiger partial charge in [-0.2, -0.15) is 5.10 Å². The number of nitrogens with zero attached hydrogens (tertiary/aromatic N) is 2. The third-order valence-electron chi connectivity index (χ3n) is 3.56. The fourth-order valence-electron chi connectivity index (χ4n) is 2.37. The molecule has 3 N–H and O–H groups in total. The van der Waals surface area contributed by atoms with Crippen LogP contribution in [-0.2, 0) is 0 Å². The van der Waals surface area contributed by atoms with Gasteiger partial charge in [0.25, 0.3) is 0 Å². The van der Waals surface area contributed by atoms with Gasteiger partial charge < -0.3 is 14.7 Å². The van der Waals surface area contributed by atoms with Crippen LogP contribution in [0, 0.1) is 0 Å². The Morgan fingerprint density at radius 2 is 1.89 bits per heavy atom. The Kier molecular flexibility index (Phi) is 4.88. The van der Waals surface area contributed by atoms with Crippen molar-refractivity contribution < 1.29 is 9.21 Å². The van der Waals surface area contributed by atoms with E-state index >= 15 is 0 Å². The highest BCUT2D eigenvalue weighted by Gasteiger charge is 2.07. The summed E-state index contributed by atoms with van der Waals surface area (Å²) >= 11 is 1.38. The average Bonchev–Trinajstić information content (AvgIpc) is 3.29. The molecular formula is C19H15N5O2S. The summed E-state index contributed by atoms with van der Waals surface area (Å²) in [6, 6.07) is 20.1. The van der Waals surface area contributed by atoms with Gasteiger partial charge >= 0.3 is 6.03 Å². The van der Waals surface area contributed by atoms with E-state index in [-0.39, 0.29) is 0 Å². The maximum Gasteiger partial charge on any atom is 0.339 e. The van der Waals surface area contributed by atoms with E-state index in [9.17, 15) is 4.79 Å². The molecule has 0 saturated heterocycles. The summed E-state index contributed by atoms with van der Waals surface area (Å²) in [6.07, 6.45) is 1.44. The van der Waals surface area contributed by atoms with Crippen LogP contribution in [0.25, 0.3) is 11.0 Å². The van der Waals surface area contributed by atoms with Crippen molar-refractivity contribution in [1.82, 2.24) is 15.4 Å². The molecule has 27 heavy (non-hydrogen) atoms. The molecule has 134 valence electrons. The van der Waals surface area contributed by atoms with E-state index in [0.717, 1.165) is 16.2 Å². The van der Waals surface area contributed by atoms with E-state index in [1.54, 1.807) is 18.2 Å². The lowest BCUT2D eigenvalue weighted by atomic mass is 10.3. The topological polar surface area (TPSA) is 95.3 Å². The molecule has 4 rings (SSSR count). The van der Waals surface area contributed by atoms with Crippen molar-refractivity contribution in [2.24, 2.45) is 5.10 Å². The molecule has 0 fully saturated rings. The van der Waals surface area contributed by atoms with Crippen LogP contribution >= 0.6 is 11.8 Å². The Morgan fingerprint density at radius 1 is 1.07 bits per heavy atom. The van der Waals surface area contributed by atoms with Gasteiger partial charge in [0, 0.05) is 5.69 Å². The smallest absolute Gasteiger partial charge is 0.339 e. The first-order valence-electron chi connectivity index (χ1n) is 8.14. The summed E-state index contributed by atoms with van der Waals surface area (Å²) in [5.74, 6) is 0.522. The summed E-state index contributed by atoms with van der Waals surface area (Å²) in [5.41, 5.74) is 4.96. The first-order chi connectivity index (χ1) is 13.3. The number of nitrogens with one attached hydrogen (secondary N) is 3. The molecule has 8 heteroatoms. The van der Waals surface area contributed by atoms with Crippen molar-refractivity contribution in [3.05, 3.63) is 72.5 Å². The number of imidazole rings is 1. The minimum Gasteiger partial charge on any atom is -0.448 e. The Labute approximate surface area is 158 Å². The van der Waals surface area contributed by atoms with E-state index in [1.165, 1.54) is 18.0 Å². The molecule has 2 aromatic heterocycles. The zero-order valence-electron chi connectivity index (χ0n) is 14.0. The molecule has 0 radical (unpaired) electrons. The fraction of sp³-hybridized carbons (Fsp3) is 0. The van der Waals surface area contributed by atoms with Gasteiger partial charge in [0.15, 0.2) is 10.2 Å². The Balaban J connectivity index is 1.33. The highest BCUT2D eigenvalue weighted by Crippen LogP contribution is 2.28. The number of anilines is 1. The van der Waals surface area contributed by atoms with Crippen LogP contribution in [-0.4, -0.2) is 22.2 Å². The number of amides is 2. The van der Waals surface area contributed by atoms with E-state index < -0.39 is 6.03 Å². The van der Waals surface area contributed by atoms with Crippen molar-refractivity contribution in [3.8, 4) is 0 Å². The molecule has 0 unspecified atom stereocenters. The molecule has 2 aromatic carbocycles. The number of H-pyrrole nitrogens is 1. The van der Waals surface area contributed by atoms with E-state index in [2.05, 4.69) is 25.8 Å².